The number of carbonyl (C=O) groups excluding carboxylic acids is 2. The van der Waals surface area contributed by atoms with Gasteiger partial charge >= 0.3 is 0 Å². The highest BCUT2D eigenvalue weighted by Crippen LogP contribution is 2.11. The third-order valence-electron chi connectivity index (χ3n) is 4.83. The Kier molecular flexibility index (Phi) is 7.55. The van der Waals surface area contributed by atoms with Crippen LogP contribution in [-0.4, -0.2) is 48.5 Å². The molecule has 0 aliphatic carbocycles. The number of thiazole rings is 1. The molecule has 6 nitrogen and oxygen atoms in total. The van der Waals surface area contributed by atoms with Crippen molar-refractivity contribution in [3.8, 4) is 0 Å². The molecule has 1 N–H and O–H groups in total. The molecule has 0 bridgehead atoms. The molecule has 0 aliphatic heterocycles. The second-order valence-corrected chi connectivity index (χ2v) is 8.63. The van der Waals surface area contributed by atoms with Crippen LogP contribution in [0.5, 0.6) is 0 Å². The number of rotatable bonds is 7. The van der Waals surface area contributed by atoms with Gasteiger partial charge in [-0.05, 0) is 57.8 Å². The van der Waals surface area contributed by atoms with Crippen molar-refractivity contribution >= 4 is 23.2 Å². The van der Waals surface area contributed by atoms with Crippen molar-refractivity contribution in [3.63, 3.8) is 0 Å². The monoisotopic (exact) mass is 436 g/mol. The fourth-order valence-corrected chi connectivity index (χ4v) is 3.99. The topological polar surface area (TPSA) is 66.7 Å². The lowest BCUT2D eigenvalue weighted by molar-refractivity contribution is 0.0949. The van der Waals surface area contributed by atoms with E-state index in [9.17, 15) is 9.59 Å². The highest BCUT2D eigenvalue weighted by molar-refractivity contribution is 7.07. The fraction of sp³-hybridized carbons (Fsp3) is 0.292. The maximum atomic E-state index is 12.6. The van der Waals surface area contributed by atoms with Gasteiger partial charge in [-0.25, -0.2) is 0 Å². The quantitative estimate of drug-likeness (QED) is 0.618. The van der Waals surface area contributed by atoms with Crippen molar-refractivity contribution in [3.05, 3.63) is 86.7 Å². The summed E-state index contributed by atoms with van der Waals surface area (Å²) < 4.78 is 2.00. The average molecular weight is 437 g/mol. The average Bonchev–Trinajstić information content (AvgIpc) is 3.07. The molecule has 0 unspecified atom stereocenters. The number of aryl methyl sites for hydroxylation is 2. The van der Waals surface area contributed by atoms with Gasteiger partial charge in [-0.15, -0.1) is 11.3 Å². The van der Waals surface area contributed by atoms with Crippen LogP contribution in [0.2, 0.25) is 0 Å². The molecular weight excluding hydrogens is 408 g/mol. The van der Waals surface area contributed by atoms with Crippen LogP contribution in [0.15, 0.2) is 58.9 Å². The van der Waals surface area contributed by atoms with Crippen molar-refractivity contribution < 1.29 is 9.59 Å². The van der Waals surface area contributed by atoms with E-state index in [-0.39, 0.29) is 11.8 Å². The predicted molar refractivity (Wildman–Crippen MR) is 125 cm³/mol. The lowest BCUT2D eigenvalue weighted by Crippen LogP contribution is -2.31. The zero-order valence-corrected chi connectivity index (χ0v) is 19.2. The Bertz CT molecular complexity index is 1140. The number of aromatic nitrogens is 1. The Morgan fingerprint density at radius 1 is 1.06 bits per heavy atom. The van der Waals surface area contributed by atoms with Gasteiger partial charge in [0.05, 0.1) is 6.54 Å². The van der Waals surface area contributed by atoms with E-state index in [0.29, 0.717) is 29.0 Å². The number of hydrogen-bond acceptors (Lipinski definition) is 4. The number of likely N-dealkylation sites (N-methyl/N-ethyl adjacent to an activating group) is 1. The number of nitrogens with one attached hydrogen (secondary N) is 1. The van der Waals surface area contributed by atoms with Crippen molar-refractivity contribution in [2.75, 3.05) is 27.2 Å². The number of hydrogen-bond donors (Lipinski definition) is 1. The number of carbonyl (C=O) groups is 2. The van der Waals surface area contributed by atoms with Gasteiger partial charge in [-0.3, -0.25) is 9.59 Å². The molecule has 1 heterocycles. The molecule has 162 valence electrons. The lowest BCUT2D eigenvalue weighted by Gasteiger charge is -2.11. The van der Waals surface area contributed by atoms with Gasteiger partial charge in [0.15, 0.2) is 4.80 Å². The number of amides is 2. The van der Waals surface area contributed by atoms with Crippen LogP contribution in [0, 0.1) is 13.8 Å². The summed E-state index contributed by atoms with van der Waals surface area (Å²) in [5, 5.41) is 4.93. The van der Waals surface area contributed by atoms with Gasteiger partial charge in [-0.1, -0.05) is 29.8 Å². The summed E-state index contributed by atoms with van der Waals surface area (Å²) in [6, 6.07) is 15.0. The van der Waals surface area contributed by atoms with Crippen molar-refractivity contribution in [2.24, 2.45) is 4.99 Å². The van der Waals surface area contributed by atoms with E-state index in [1.165, 1.54) is 11.3 Å². The molecule has 0 saturated carbocycles. The van der Waals surface area contributed by atoms with Crippen LogP contribution in [0.1, 0.15) is 37.5 Å². The maximum Gasteiger partial charge on any atom is 0.279 e. The zero-order valence-electron chi connectivity index (χ0n) is 18.4. The van der Waals surface area contributed by atoms with Crippen LogP contribution >= 0.6 is 11.3 Å². The Morgan fingerprint density at radius 3 is 2.55 bits per heavy atom. The van der Waals surface area contributed by atoms with Crippen LogP contribution in [0.3, 0.4) is 0 Å². The third kappa shape index (κ3) is 6.23. The van der Waals surface area contributed by atoms with E-state index in [2.05, 4.69) is 10.3 Å². The molecule has 31 heavy (non-hydrogen) atoms. The second kappa shape index (κ2) is 10.3. The van der Waals surface area contributed by atoms with E-state index < -0.39 is 0 Å². The molecule has 3 rings (SSSR count). The molecule has 7 heteroatoms. The van der Waals surface area contributed by atoms with E-state index in [1.54, 1.807) is 6.07 Å². The van der Waals surface area contributed by atoms with Crippen LogP contribution < -0.4 is 10.1 Å². The van der Waals surface area contributed by atoms with Gasteiger partial charge < -0.3 is 14.8 Å². The standard InChI is InChI=1S/C24H28N4O2S/c1-17-7-5-9-20(13-17)23(30)26-24-28(18(2)16-31-24)15-19-8-6-10-21(14-19)22(29)25-11-12-27(3)4/h5-10,13-14,16H,11-12,15H2,1-4H3,(H,25,29). The summed E-state index contributed by atoms with van der Waals surface area (Å²) >= 11 is 1.44. The molecule has 2 aromatic carbocycles. The summed E-state index contributed by atoms with van der Waals surface area (Å²) in [6.45, 7) is 5.86. The van der Waals surface area contributed by atoms with E-state index in [0.717, 1.165) is 23.4 Å². The first-order valence-electron chi connectivity index (χ1n) is 10.2. The van der Waals surface area contributed by atoms with Gasteiger partial charge in [-0.2, -0.15) is 4.99 Å². The highest BCUT2D eigenvalue weighted by atomic mass is 32.1. The summed E-state index contributed by atoms with van der Waals surface area (Å²) in [5.41, 5.74) is 4.22. The van der Waals surface area contributed by atoms with Crippen molar-refractivity contribution in [2.45, 2.75) is 20.4 Å². The zero-order chi connectivity index (χ0) is 22.4. The van der Waals surface area contributed by atoms with Gasteiger partial charge in [0.25, 0.3) is 11.8 Å². The minimum atomic E-state index is -0.256. The first kappa shape index (κ1) is 22.7. The molecule has 0 atom stereocenters. The fourth-order valence-electron chi connectivity index (χ4n) is 3.11. The minimum Gasteiger partial charge on any atom is -0.351 e. The van der Waals surface area contributed by atoms with Crippen molar-refractivity contribution in [1.29, 1.82) is 0 Å². The van der Waals surface area contributed by atoms with Gasteiger partial charge in [0.2, 0.25) is 0 Å². The molecule has 0 radical (unpaired) electrons. The first-order chi connectivity index (χ1) is 14.8. The summed E-state index contributed by atoms with van der Waals surface area (Å²) in [7, 11) is 3.94. The molecule has 3 aromatic rings. The van der Waals surface area contributed by atoms with Gasteiger partial charge in [0, 0.05) is 35.3 Å². The van der Waals surface area contributed by atoms with E-state index in [4.69, 9.17) is 0 Å². The summed E-state index contributed by atoms with van der Waals surface area (Å²) in [4.78, 5) is 32.1. The summed E-state index contributed by atoms with van der Waals surface area (Å²) in [5.74, 6) is -0.344. The largest absolute Gasteiger partial charge is 0.351 e. The molecule has 0 saturated heterocycles. The predicted octanol–water partition coefficient (Wildman–Crippen LogP) is 3.25. The van der Waals surface area contributed by atoms with E-state index >= 15 is 0 Å². The van der Waals surface area contributed by atoms with Crippen LogP contribution in [0.4, 0.5) is 0 Å². The molecular formula is C24H28N4O2S. The molecule has 0 fully saturated rings. The van der Waals surface area contributed by atoms with Crippen LogP contribution in [-0.2, 0) is 6.54 Å². The highest BCUT2D eigenvalue weighted by Gasteiger charge is 2.10. The first-order valence-corrected chi connectivity index (χ1v) is 11.0. The molecule has 0 aliphatic rings. The molecule has 2 amide bonds. The Hall–Kier alpha value is -3.03. The van der Waals surface area contributed by atoms with Crippen LogP contribution in [0.25, 0.3) is 0 Å². The number of nitrogens with zero attached hydrogens (tertiary/aromatic N) is 3. The Balaban J connectivity index is 1.80. The van der Waals surface area contributed by atoms with Crippen molar-refractivity contribution in [1.82, 2.24) is 14.8 Å². The third-order valence-corrected chi connectivity index (χ3v) is 5.81. The van der Waals surface area contributed by atoms with Gasteiger partial charge in [0.1, 0.15) is 0 Å². The molecule has 0 spiro atoms. The SMILES string of the molecule is Cc1cccc(C(=O)N=c2scc(C)n2Cc2cccc(C(=O)NCCN(C)C)c2)c1. The number of benzene rings is 2. The normalized spacial score (nSPS) is 11.7. The second-order valence-electron chi connectivity index (χ2n) is 7.79. The summed E-state index contributed by atoms with van der Waals surface area (Å²) in [6.07, 6.45) is 0. The minimum absolute atomic E-state index is 0.0877. The lowest BCUT2D eigenvalue weighted by atomic mass is 10.1. The Labute approximate surface area is 186 Å². The van der Waals surface area contributed by atoms with E-state index in [1.807, 2.05) is 85.3 Å². The molecule has 1 aromatic heterocycles. The maximum absolute atomic E-state index is 12.6. The smallest absolute Gasteiger partial charge is 0.279 e. The Morgan fingerprint density at radius 2 is 1.81 bits per heavy atom.